The van der Waals surface area contributed by atoms with Crippen LogP contribution in [0.25, 0.3) is 21.8 Å². The van der Waals surface area contributed by atoms with E-state index in [1.807, 2.05) is 29.1 Å². The predicted molar refractivity (Wildman–Crippen MR) is 107 cm³/mol. The molecule has 0 amide bonds. The Morgan fingerprint density at radius 2 is 2.11 bits per heavy atom. The van der Waals surface area contributed by atoms with Gasteiger partial charge in [-0.3, -0.25) is 4.98 Å². The number of nitrogen functional groups attached to an aromatic ring is 1. The number of ether oxygens (including phenoxy) is 1. The summed E-state index contributed by atoms with van der Waals surface area (Å²) >= 11 is 0. The molecule has 0 spiro atoms. The molecule has 3 aromatic heterocycles. The van der Waals surface area contributed by atoms with E-state index in [1.54, 1.807) is 6.20 Å². The Morgan fingerprint density at radius 3 is 3.04 bits per heavy atom. The van der Waals surface area contributed by atoms with Crippen molar-refractivity contribution in [2.75, 3.05) is 5.73 Å². The Bertz CT molecular complexity index is 1140. The summed E-state index contributed by atoms with van der Waals surface area (Å²) in [6.45, 7) is 0. The summed E-state index contributed by atoms with van der Waals surface area (Å²) in [5, 5.41) is 13.6. The second-order valence-electron chi connectivity index (χ2n) is 7.25. The van der Waals surface area contributed by atoms with Crippen molar-refractivity contribution in [2.24, 2.45) is 0 Å². The second-order valence-corrected chi connectivity index (χ2v) is 7.25. The Kier molecular flexibility index (Phi) is 4.18. The first kappa shape index (κ1) is 17.1. The zero-order valence-corrected chi connectivity index (χ0v) is 15.3. The molecule has 7 nitrogen and oxygen atoms in total. The Morgan fingerprint density at radius 1 is 1.18 bits per heavy atom. The molecule has 1 aromatic carbocycles. The minimum Gasteiger partial charge on any atom is -0.390 e. The highest BCUT2D eigenvalue weighted by molar-refractivity contribution is 5.86. The van der Waals surface area contributed by atoms with Crippen LogP contribution < -0.4 is 5.73 Å². The van der Waals surface area contributed by atoms with E-state index in [1.165, 1.54) is 17.3 Å². The number of anilines is 1. The molecule has 0 saturated carbocycles. The van der Waals surface area contributed by atoms with Crippen LogP contribution in [0.1, 0.15) is 24.6 Å². The summed E-state index contributed by atoms with van der Waals surface area (Å²) in [4.78, 5) is 12.5. The largest absolute Gasteiger partial charge is 0.390 e. The maximum absolute atomic E-state index is 10.5. The number of benzene rings is 1. The van der Waals surface area contributed by atoms with Gasteiger partial charge < -0.3 is 20.1 Å². The topological polar surface area (TPSA) is 99.1 Å². The highest BCUT2D eigenvalue weighted by Gasteiger charge is 2.35. The molecule has 1 aliphatic rings. The molecule has 0 aliphatic carbocycles. The number of aryl methyl sites for hydroxylation is 1. The minimum atomic E-state index is -0.510. The minimum absolute atomic E-state index is 0.216. The summed E-state index contributed by atoms with van der Waals surface area (Å²) in [5.41, 5.74) is 7.86. The molecule has 142 valence electrons. The molecule has 28 heavy (non-hydrogen) atoms. The van der Waals surface area contributed by atoms with Crippen LogP contribution in [-0.2, 0) is 11.2 Å². The summed E-state index contributed by atoms with van der Waals surface area (Å²) in [7, 11) is 0. The summed E-state index contributed by atoms with van der Waals surface area (Å²) in [6, 6.07) is 10.3. The molecule has 1 saturated heterocycles. The average molecular weight is 375 g/mol. The van der Waals surface area contributed by atoms with Gasteiger partial charge in [-0.2, -0.15) is 0 Å². The van der Waals surface area contributed by atoms with Crippen LogP contribution >= 0.6 is 0 Å². The molecule has 0 radical (unpaired) electrons. The van der Waals surface area contributed by atoms with Crippen molar-refractivity contribution in [3.63, 3.8) is 0 Å². The maximum atomic E-state index is 10.5. The van der Waals surface area contributed by atoms with Crippen molar-refractivity contribution < 1.29 is 9.84 Å². The highest BCUT2D eigenvalue weighted by atomic mass is 16.5. The Balaban J connectivity index is 1.30. The van der Waals surface area contributed by atoms with Crippen molar-refractivity contribution in [1.82, 2.24) is 19.5 Å². The smallest absolute Gasteiger partial charge is 0.147 e. The molecule has 4 aromatic rings. The number of nitrogens with two attached hydrogens (primary N) is 1. The fourth-order valence-electron chi connectivity index (χ4n) is 3.97. The number of fused-ring (bicyclic) bond motifs is 2. The molecule has 3 atom stereocenters. The summed E-state index contributed by atoms with van der Waals surface area (Å²) in [6.07, 6.45) is 8.15. The van der Waals surface area contributed by atoms with Gasteiger partial charge in [-0.1, -0.05) is 12.1 Å². The third-order valence-electron chi connectivity index (χ3n) is 5.48. The third-order valence-corrected chi connectivity index (χ3v) is 5.48. The van der Waals surface area contributed by atoms with Gasteiger partial charge >= 0.3 is 0 Å². The van der Waals surface area contributed by atoms with E-state index >= 15 is 0 Å². The lowest BCUT2D eigenvalue weighted by Crippen LogP contribution is -2.21. The van der Waals surface area contributed by atoms with Gasteiger partial charge in [0.25, 0.3) is 0 Å². The van der Waals surface area contributed by atoms with E-state index in [4.69, 9.17) is 10.5 Å². The number of aromatic nitrogens is 4. The van der Waals surface area contributed by atoms with Gasteiger partial charge in [0.15, 0.2) is 0 Å². The monoisotopic (exact) mass is 375 g/mol. The number of pyridine rings is 1. The first-order valence-corrected chi connectivity index (χ1v) is 9.42. The lowest BCUT2D eigenvalue weighted by atomic mass is 10.0. The zero-order valence-electron chi connectivity index (χ0n) is 15.3. The number of hydrogen-bond donors (Lipinski definition) is 2. The SMILES string of the molecule is Nc1ncnc2c1ccn2[C@H]1C[C@H](O)[C@@H](CCc2ccc3ccncc3c2)O1. The van der Waals surface area contributed by atoms with Gasteiger partial charge in [0, 0.05) is 30.4 Å². The number of rotatable bonds is 4. The van der Waals surface area contributed by atoms with E-state index < -0.39 is 6.10 Å². The Hall–Kier alpha value is -3.03. The molecule has 0 unspecified atom stereocenters. The van der Waals surface area contributed by atoms with Gasteiger partial charge in [-0.05, 0) is 42.0 Å². The van der Waals surface area contributed by atoms with Crippen molar-refractivity contribution in [3.8, 4) is 0 Å². The molecule has 3 N–H and O–H groups in total. The number of aliphatic hydroxyl groups is 1. The van der Waals surface area contributed by atoms with Crippen LogP contribution in [0, 0.1) is 0 Å². The standard InChI is InChI=1S/C21H21N5O2/c22-20-16-6-8-26(21(16)25-12-24-20)19-10-17(27)18(28-19)4-2-13-1-3-14-5-7-23-11-15(14)9-13/h1,3,5-9,11-12,17-19,27H,2,4,10H2,(H2,22,24,25)/t17-,18+,19+/m0/s1. The van der Waals surface area contributed by atoms with Gasteiger partial charge in [0.05, 0.1) is 17.6 Å². The fourth-order valence-corrected chi connectivity index (χ4v) is 3.97. The van der Waals surface area contributed by atoms with Crippen molar-refractivity contribution in [3.05, 3.63) is 60.8 Å². The molecule has 1 aliphatic heterocycles. The molecule has 1 fully saturated rings. The van der Waals surface area contributed by atoms with E-state index in [0.717, 1.165) is 29.3 Å². The number of nitrogens with zero attached hydrogens (tertiary/aromatic N) is 4. The molecular formula is C21H21N5O2. The van der Waals surface area contributed by atoms with Crippen LogP contribution in [0.4, 0.5) is 5.82 Å². The molecule has 7 heteroatoms. The maximum Gasteiger partial charge on any atom is 0.147 e. The molecule has 0 bridgehead atoms. The van der Waals surface area contributed by atoms with Crippen LogP contribution in [0.15, 0.2) is 55.2 Å². The van der Waals surface area contributed by atoms with E-state index in [2.05, 4.69) is 33.2 Å². The highest BCUT2D eigenvalue weighted by Crippen LogP contribution is 2.34. The number of hydrogen-bond acceptors (Lipinski definition) is 6. The van der Waals surface area contributed by atoms with Gasteiger partial charge in [0.2, 0.25) is 0 Å². The quantitative estimate of drug-likeness (QED) is 0.569. The lowest BCUT2D eigenvalue weighted by molar-refractivity contribution is -0.0203. The average Bonchev–Trinajstić information content (AvgIpc) is 3.30. The van der Waals surface area contributed by atoms with Crippen molar-refractivity contribution in [2.45, 2.75) is 37.7 Å². The summed E-state index contributed by atoms with van der Waals surface area (Å²) in [5.74, 6) is 0.449. The second kappa shape index (κ2) is 6.85. The van der Waals surface area contributed by atoms with Crippen LogP contribution in [0.3, 0.4) is 0 Å². The van der Waals surface area contributed by atoms with Crippen LogP contribution in [0.2, 0.25) is 0 Å². The Labute approximate surface area is 161 Å². The zero-order chi connectivity index (χ0) is 19.1. The molecule has 4 heterocycles. The predicted octanol–water partition coefficient (Wildman–Crippen LogP) is 2.84. The fraction of sp³-hybridized carbons (Fsp3) is 0.286. The molecule has 5 rings (SSSR count). The van der Waals surface area contributed by atoms with Gasteiger partial charge in [0.1, 0.15) is 24.0 Å². The first-order valence-electron chi connectivity index (χ1n) is 9.42. The van der Waals surface area contributed by atoms with Gasteiger partial charge in [-0.15, -0.1) is 0 Å². The van der Waals surface area contributed by atoms with E-state index in [-0.39, 0.29) is 12.3 Å². The summed E-state index contributed by atoms with van der Waals surface area (Å²) < 4.78 is 8.10. The van der Waals surface area contributed by atoms with Crippen molar-refractivity contribution in [1.29, 1.82) is 0 Å². The van der Waals surface area contributed by atoms with Crippen LogP contribution in [-0.4, -0.2) is 36.8 Å². The number of aliphatic hydroxyl groups excluding tert-OH is 1. The third kappa shape index (κ3) is 2.98. The van der Waals surface area contributed by atoms with Crippen molar-refractivity contribution >= 4 is 27.6 Å². The molecular weight excluding hydrogens is 354 g/mol. The first-order chi connectivity index (χ1) is 13.7. The van der Waals surface area contributed by atoms with Gasteiger partial charge in [-0.25, -0.2) is 9.97 Å². The van der Waals surface area contributed by atoms with E-state index in [0.29, 0.717) is 12.2 Å². The van der Waals surface area contributed by atoms with Crippen LogP contribution in [0.5, 0.6) is 0 Å². The lowest BCUT2D eigenvalue weighted by Gasteiger charge is -2.16. The normalized spacial score (nSPS) is 22.2. The van der Waals surface area contributed by atoms with E-state index in [9.17, 15) is 5.11 Å².